The molecule has 0 aromatic carbocycles. The molecule has 1 aromatic rings. The average Bonchev–Trinajstić information content (AvgIpc) is 2.37. The highest BCUT2D eigenvalue weighted by atomic mass is 16.5. The molecule has 8 nitrogen and oxygen atoms in total. The van der Waals surface area contributed by atoms with Crippen LogP contribution in [0.5, 0.6) is 6.01 Å². The molecule has 0 saturated carbocycles. The number of hydrogen-bond acceptors (Lipinski definition) is 7. The molecule has 0 aliphatic rings. The fourth-order valence-electron chi connectivity index (χ4n) is 1.39. The predicted molar refractivity (Wildman–Crippen MR) is 67.2 cm³/mol. The monoisotopic (exact) mass is 254 g/mol. The van der Waals surface area contributed by atoms with Crippen molar-refractivity contribution in [1.29, 1.82) is 0 Å². The Labute approximate surface area is 106 Å². The molecule has 0 atom stereocenters. The Morgan fingerprint density at radius 1 is 1.33 bits per heavy atom. The lowest BCUT2D eigenvalue weighted by Gasteiger charge is -2.18. The number of nitrogen functional groups attached to an aromatic ring is 1. The fraction of sp³-hybridized carbons (Fsp3) is 0.600. The first-order valence-electron chi connectivity index (χ1n) is 5.67. The first kappa shape index (κ1) is 13.9. The van der Waals surface area contributed by atoms with Crippen LogP contribution in [0.15, 0.2) is 0 Å². The van der Waals surface area contributed by atoms with Gasteiger partial charge in [0, 0.05) is 13.1 Å². The van der Waals surface area contributed by atoms with Crippen molar-refractivity contribution in [1.82, 2.24) is 19.9 Å². The topological polar surface area (TPSA) is 106 Å². The van der Waals surface area contributed by atoms with Gasteiger partial charge in [0.25, 0.3) is 0 Å². The van der Waals surface area contributed by atoms with E-state index in [1.165, 1.54) is 7.11 Å². The minimum atomic E-state index is -0.0297. The number of amides is 1. The predicted octanol–water partition coefficient (Wildman–Crippen LogP) is -0.257. The number of nitrogens with two attached hydrogens (primary N) is 1. The number of methoxy groups -OCH3 is 1. The Balaban J connectivity index is 2.63. The summed E-state index contributed by atoms with van der Waals surface area (Å²) in [7, 11) is 1.43. The maximum absolute atomic E-state index is 11.7. The van der Waals surface area contributed by atoms with Crippen LogP contribution in [-0.4, -0.2) is 52.5 Å². The van der Waals surface area contributed by atoms with Crippen LogP contribution in [0.25, 0.3) is 0 Å². The molecule has 0 aliphatic heterocycles. The zero-order valence-electron chi connectivity index (χ0n) is 10.8. The van der Waals surface area contributed by atoms with Gasteiger partial charge in [0.2, 0.25) is 17.8 Å². The van der Waals surface area contributed by atoms with Gasteiger partial charge in [0.15, 0.2) is 0 Å². The molecular weight excluding hydrogens is 236 g/mol. The third kappa shape index (κ3) is 3.72. The van der Waals surface area contributed by atoms with Crippen molar-refractivity contribution in [2.45, 2.75) is 13.8 Å². The quantitative estimate of drug-likeness (QED) is 0.720. The molecule has 18 heavy (non-hydrogen) atoms. The molecule has 1 heterocycles. The van der Waals surface area contributed by atoms with E-state index in [1.807, 2.05) is 13.8 Å². The Bertz CT molecular complexity index is 407. The number of carbonyl (C=O) groups excluding carboxylic acids is 1. The van der Waals surface area contributed by atoms with Crippen molar-refractivity contribution in [3.63, 3.8) is 0 Å². The molecular formula is C10H18N6O2. The maximum Gasteiger partial charge on any atom is 0.322 e. The highest BCUT2D eigenvalue weighted by Gasteiger charge is 2.10. The van der Waals surface area contributed by atoms with Gasteiger partial charge in [-0.05, 0) is 13.8 Å². The number of likely N-dealkylation sites (N-methyl/N-ethyl adjacent to an activating group) is 1. The van der Waals surface area contributed by atoms with Crippen molar-refractivity contribution in [3.05, 3.63) is 0 Å². The zero-order chi connectivity index (χ0) is 13.5. The summed E-state index contributed by atoms with van der Waals surface area (Å²) in [5, 5.41) is 2.80. The second-order valence-electron chi connectivity index (χ2n) is 3.42. The molecule has 0 radical (unpaired) electrons. The molecule has 0 spiro atoms. The Morgan fingerprint density at radius 2 is 2.00 bits per heavy atom. The lowest BCUT2D eigenvalue weighted by atomic mass is 10.4. The van der Waals surface area contributed by atoms with Gasteiger partial charge in [-0.2, -0.15) is 15.0 Å². The first-order valence-corrected chi connectivity index (χ1v) is 5.67. The molecule has 100 valence electrons. The summed E-state index contributed by atoms with van der Waals surface area (Å²) in [6, 6.07) is 0.111. The van der Waals surface area contributed by atoms with Crippen molar-refractivity contribution in [3.8, 4) is 6.01 Å². The summed E-state index contributed by atoms with van der Waals surface area (Å²) >= 11 is 0. The molecule has 0 aliphatic carbocycles. The van der Waals surface area contributed by atoms with Crippen LogP contribution in [0.4, 0.5) is 11.9 Å². The molecule has 0 fully saturated rings. The molecule has 3 N–H and O–H groups in total. The molecule has 1 amide bonds. The van der Waals surface area contributed by atoms with E-state index in [-0.39, 0.29) is 30.4 Å². The smallest absolute Gasteiger partial charge is 0.322 e. The number of carbonyl (C=O) groups is 1. The van der Waals surface area contributed by atoms with Gasteiger partial charge >= 0.3 is 6.01 Å². The summed E-state index contributed by atoms with van der Waals surface area (Å²) in [5.41, 5.74) is 5.48. The molecule has 0 unspecified atom stereocenters. The summed E-state index contributed by atoms with van der Waals surface area (Å²) in [6.07, 6.45) is 0. The van der Waals surface area contributed by atoms with Crippen LogP contribution in [0.1, 0.15) is 13.8 Å². The van der Waals surface area contributed by atoms with E-state index < -0.39 is 0 Å². The summed E-state index contributed by atoms with van der Waals surface area (Å²) in [5.74, 6) is 0.234. The van der Waals surface area contributed by atoms with E-state index in [9.17, 15) is 4.79 Å². The SMILES string of the molecule is CCN(CC)C(=O)CNc1nc(N)nc(OC)n1. The van der Waals surface area contributed by atoms with Gasteiger partial charge in [-0.25, -0.2) is 0 Å². The minimum Gasteiger partial charge on any atom is -0.467 e. The highest BCUT2D eigenvalue weighted by molar-refractivity contribution is 5.80. The van der Waals surface area contributed by atoms with Crippen LogP contribution in [0, 0.1) is 0 Å². The van der Waals surface area contributed by atoms with Gasteiger partial charge in [0.1, 0.15) is 0 Å². The highest BCUT2D eigenvalue weighted by Crippen LogP contribution is 2.07. The Morgan fingerprint density at radius 3 is 2.56 bits per heavy atom. The normalized spacial score (nSPS) is 9.94. The molecule has 8 heteroatoms. The first-order chi connectivity index (χ1) is 8.60. The fourth-order valence-corrected chi connectivity index (χ4v) is 1.39. The number of nitrogens with one attached hydrogen (secondary N) is 1. The second kappa shape index (κ2) is 6.58. The van der Waals surface area contributed by atoms with Crippen molar-refractivity contribution in [2.24, 2.45) is 0 Å². The number of ether oxygens (including phenoxy) is 1. The van der Waals surface area contributed by atoms with E-state index in [2.05, 4.69) is 20.3 Å². The Hall–Kier alpha value is -2.12. The van der Waals surface area contributed by atoms with Gasteiger partial charge < -0.3 is 20.7 Å². The van der Waals surface area contributed by atoms with Gasteiger partial charge in [0.05, 0.1) is 13.7 Å². The molecule has 1 rings (SSSR count). The largest absolute Gasteiger partial charge is 0.467 e. The van der Waals surface area contributed by atoms with E-state index in [1.54, 1.807) is 4.90 Å². The number of nitrogens with zero attached hydrogens (tertiary/aromatic N) is 4. The van der Waals surface area contributed by atoms with E-state index >= 15 is 0 Å². The lowest BCUT2D eigenvalue weighted by Crippen LogP contribution is -2.35. The maximum atomic E-state index is 11.7. The van der Waals surface area contributed by atoms with Gasteiger partial charge in [-0.3, -0.25) is 4.79 Å². The van der Waals surface area contributed by atoms with Crippen LogP contribution < -0.4 is 15.8 Å². The van der Waals surface area contributed by atoms with Crippen LogP contribution in [0.2, 0.25) is 0 Å². The second-order valence-corrected chi connectivity index (χ2v) is 3.42. The number of rotatable bonds is 6. The van der Waals surface area contributed by atoms with Gasteiger partial charge in [-0.1, -0.05) is 0 Å². The van der Waals surface area contributed by atoms with Crippen molar-refractivity contribution < 1.29 is 9.53 Å². The third-order valence-electron chi connectivity index (χ3n) is 2.33. The lowest BCUT2D eigenvalue weighted by molar-refractivity contribution is -0.128. The zero-order valence-corrected chi connectivity index (χ0v) is 10.8. The average molecular weight is 254 g/mol. The molecule has 1 aromatic heterocycles. The van der Waals surface area contributed by atoms with E-state index in [0.29, 0.717) is 13.1 Å². The number of anilines is 2. The number of aromatic nitrogens is 3. The van der Waals surface area contributed by atoms with E-state index in [4.69, 9.17) is 10.5 Å². The molecule has 0 saturated heterocycles. The third-order valence-corrected chi connectivity index (χ3v) is 2.33. The molecule has 0 bridgehead atoms. The summed E-state index contributed by atoms with van der Waals surface area (Å²) < 4.78 is 4.85. The van der Waals surface area contributed by atoms with Crippen molar-refractivity contribution >= 4 is 17.8 Å². The Kier molecular flexibility index (Phi) is 5.09. The van der Waals surface area contributed by atoms with Crippen LogP contribution in [0.3, 0.4) is 0 Å². The summed E-state index contributed by atoms with van der Waals surface area (Å²) in [6.45, 7) is 5.28. The van der Waals surface area contributed by atoms with Crippen molar-refractivity contribution in [2.75, 3.05) is 37.8 Å². The standard InChI is InChI=1S/C10H18N6O2/c1-4-16(5-2)7(17)6-12-9-13-8(11)14-10(15-9)18-3/h4-6H2,1-3H3,(H3,11,12,13,14,15). The summed E-state index contributed by atoms with van der Waals surface area (Å²) in [4.78, 5) is 25.0. The number of hydrogen-bond donors (Lipinski definition) is 2. The minimum absolute atomic E-state index is 0.0297. The van der Waals surface area contributed by atoms with Crippen LogP contribution in [-0.2, 0) is 4.79 Å². The van der Waals surface area contributed by atoms with Crippen LogP contribution >= 0.6 is 0 Å². The van der Waals surface area contributed by atoms with E-state index in [0.717, 1.165) is 0 Å². The van der Waals surface area contributed by atoms with Gasteiger partial charge in [-0.15, -0.1) is 0 Å².